The summed E-state index contributed by atoms with van der Waals surface area (Å²) < 4.78 is 67.3. The zero-order valence-corrected chi connectivity index (χ0v) is 73.7. The molecule has 36 nitrogen and oxygen atoms in total. The number of nitrogens with one attached hydrogen (secondary N) is 2. The van der Waals surface area contributed by atoms with Gasteiger partial charge in [0.25, 0.3) is 11.1 Å². The maximum absolute atomic E-state index is 12.1. The van der Waals surface area contributed by atoms with E-state index in [-0.39, 0.29) is 80.8 Å². The standard InChI is InChI=1S/C14H22N5O6P.C14H22N5O5PS.C14H24N3O6P.C14H23N3O3.4C4H10/c1-14(2,3)5-8-7(25-26(21,22)23)4-9(24-8)19-6-16-10-11(19)17-13(15)18-12(10)20;1-14(2,3)5-8-7(24-25(21,22)26)4-9(23-8)19-6-16-10-11(19)17-13(15)18-12(10)20;1-8-7-17(13(18)16-12(8)15)11-5-9(23-24(19,20)21)10(22-11)6-14(2,3)4;1-8-7-17(13(19)16-12(8)15)11-5-9(18)10(20-11)6-14(2,3)4;4*1-4(2)3/h6-9H,4-5H2,1-3H3,(H2,21,22,23)(H3,15,17,18,20);6-9H,4-5H2,1-3H3,(H2,21,22,26)(H3,15,17,18,20);7,9-11H,5-6H2,1-4H3,(H2,15,16,18)(H2,19,20,21);7,9-11,18H,5-6H2,1-4H3,(H2,15,16,19);4*4H,1-3H3/t2*7-,8-,9-;2*9-,10-,11-;;;;/m1111..../s1. The summed E-state index contributed by atoms with van der Waals surface area (Å²) in [6.07, 6.45) is 2.49. The highest BCUT2D eigenvalue weighted by Gasteiger charge is 2.46. The summed E-state index contributed by atoms with van der Waals surface area (Å²) >= 11 is 4.62. The third-order valence-electron chi connectivity index (χ3n) is 15.3. The molecule has 6 aromatic heterocycles. The van der Waals surface area contributed by atoms with Gasteiger partial charge in [-0.05, 0) is 96.7 Å². The van der Waals surface area contributed by atoms with Crippen molar-refractivity contribution >= 4 is 80.0 Å². The molecular formula is C72H131N16O20P3S. The van der Waals surface area contributed by atoms with E-state index in [1.807, 2.05) is 62.3 Å². The van der Waals surface area contributed by atoms with Crippen LogP contribution in [0.1, 0.15) is 254 Å². The smallest absolute Gasteiger partial charge is 0.390 e. The van der Waals surface area contributed by atoms with Crippen LogP contribution in [0.4, 0.5) is 23.5 Å². The molecular weight excluding hydrogens is 1530 g/mol. The highest BCUT2D eigenvalue weighted by atomic mass is 32.5. The lowest BCUT2D eigenvalue weighted by atomic mass is 9.87. The molecule has 4 saturated heterocycles. The average Bonchev–Trinajstić information content (AvgIpc) is 1.61. The number of H-pyrrole nitrogens is 2. The number of ether oxygens (including phenoxy) is 4. The molecule has 112 heavy (non-hydrogen) atoms. The third kappa shape index (κ3) is 36.2. The van der Waals surface area contributed by atoms with Crippen LogP contribution in [0.5, 0.6) is 0 Å². The fourth-order valence-electron chi connectivity index (χ4n) is 11.4. The van der Waals surface area contributed by atoms with Crippen LogP contribution < -0.4 is 45.4 Å². The fraction of sp³-hybridized carbons (Fsp3) is 0.750. The van der Waals surface area contributed by atoms with Crippen LogP contribution in [0.2, 0.25) is 0 Å². The predicted molar refractivity (Wildman–Crippen MR) is 436 cm³/mol. The summed E-state index contributed by atoms with van der Waals surface area (Å²) in [7, 11) is -9.35. The number of nitrogens with two attached hydrogens (primary N) is 4. The third-order valence-corrected chi connectivity index (χ3v) is 17.2. The Hall–Kier alpha value is -5.79. The number of rotatable bonds is 14. The van der Waals surface area contributed by atoms with Gasteiger partial charge in [-0.15, -0.1) is 0 Å². The Morgan fingerprint density at radius 3 is 1.00 bits per heavy atom. The minimum atomic E-state index is -4.68. The summed E-state index contributed by atoms with van der Waals surface area (Å²) in [5.74, 6) is 3.62. The predicted octanol–water partition coefficient (Wildman–Crippen LogP) is 11.1. The van der Waals surface area contributed by atoms with Crippen LogP contribution in [-0.4, -0.2) is 141 Å². The van der Waals surface area contributed by atoms with E-state index in [1.54, 1.807) is 24.6 Å². The van der Waals surface area contributed by atoms with Gasteiger partial charge < -0.3 is 80.9 Å². The van der Waals surface area contributed by atoms with Crippen molar-refractivity contribution in [1.29, 1.82) is 0 Å². The Morgan fingerprint density at radius 1 is 0.464 bits per heavy atom. The number of hydrogen-bond acceptors (Lipinski definition) is 25. The van der Waals surface area contributed by atoms with Crippen LogP contribution >= 0.6 is 22.4 Å². The Balaban J connectivity index is 0.000000363. The number of nitrogen functional groups attached to an aromatic ring is 4. The molecule has 4 aliphatic rings. The second kappa shape index (κ2) is 41.9. The molecule has 0 radical (unpaired) electrons. The van der Waals surface area contributed by atoms with Crippen LogP contribution in [0, 0.1) is 59.2 Å². The van der Waals surface area contributed by atoms with Gasteiger partial charge in [-0.3, -0.25) is 46.9 Å². The van der Waals surface area contributed by atoms with Gasteiger partial charge in [-0.1, -0.05) is 166 Å². The van der Waals surface area contributed by atoms with E-state index in [0.29, 0.717) is 43.3 Å². The lowest BCUT2D eigenvalue weighted by Crippen LogP contribution is -2.29. The number of imidazole rings is 2. The number of phosphoric acid groups is 2. The Morgan fingerprint density at radius 2 is 0.723 bits per heavy atom. The van der Waals surface area contributed by atoms with Crippen LogP contribution in [0.3, 0.4) is 0 Å². The molecule has 0 saturated carbocycles. The van der Waals surface area contributed by atoms with E-state index in [9.17, 15) is 53.0 Å². The molecule has 40 heteroatoms. The van der Waals surface area contributed by atoms with Crippen molar-refractivity contribution in [2.45, 2.75) is 305 Å². The van der Waals surface area contributed by atoms with Gasteiger partial charge in [0.2, 0.25) is 11.9 Å². The highest BCUT2D eigenvalue weighted by molar-refractivity contribution is 8.06. The lowest BCUT2D eigenvalue weighted by Gasteiger charge is -2.27. The number of aliphatic hydroxyl groups excluding tert-OH is 1. The molecule has 12 atom stereocenters. The Labute approximate surface area is 662 Å². The molecule has 640 valence electrons. The Bertz CT molecular complexity index is 4170. The second-order valence-corrected chi connectivity index (χ2v) is 41.0. The fourth-order valence-corrected chi connectivity index (χ4v) is 13.4. The van der Waals surface area contributed by atoms with E-state index in [1.165, 1.54) is 32.6 Å². The number of hydrogen-bond donors (Lipinski definition) is 13. The van der Waals surface area contributed by atoms with Gasteiger partial charge in [0.1, 0.15) is 36.5 Å². The van der Waals surface area contributed by atoms with Crippen molar-refractivity contribution in [1.82, 2.24) is 58.1 Å². The van der Waals surface area contributed by atoms with Gasteiger partial charge in [0.05, 0.1) is 61.5 Å². The maximum atomic E-state index is 12.1. The number of aromatic amines is 2. The minimum Gasteiger partial charge on any atom is -0.390 e. The topological polar surface area (TPSA) is 541 Å². The normalized spacial score (nSPS) is 22.8. The first-order valence-corrected chi connectivity index (χ1v) is 43.2. The van der Waals surface area contributed by atoms with E-state index in [2.05, 4.69) is 156 Å². The lowest BCUT2D eigenvalue weighted by molar-refractivity contribution is -0.0383. The van der Waals surface area contributed by atoms with Crippen LogP contribution in [0.25, 0.3) is 22.3 Å². The SMILES string of the molecule is CC(C)(C)C[C@H]1O[C@@H](n2cnc3c(=O)[nH]c(N)nc32)C[C@H]1OP(=O)(O)O.CC(C)(C)C[C@H]1O[C@@H](n2cnc3c(=O)[nH]c(N)nc32)C[C@H]1OP(O)(O)=S.CC(C)C.CC(C)C.CC(C)C.CC(C)C.Cc1cn([C@H]2C[C@@H](O)[C@@H](CC(C)(C)C)O2)c(=O)nc1N.Cc1cn([C@H]2C[C@@H](OP(=O)(O)O)[C@@H](CC(C)(C)C)O2)c(=O)nc1N. The molecule has 10 heterocycles. The summed E-state index contributed by atoms with van der Waals surface area (Å²) in [6, 6.07) is 0. The van der Waals surface area contributed by atoms with Crippen molar-refractivity contribution in [3.63, 3.8) is 0 Å². The zero-order valence-electron chi connectivity index (χ0n) is 70.2. The summed E-state index contributed by atoms with van der Waals surface area (Å²) in [6.45, 7) is 50.0. The largest absolute Gasteiger partial charge is 0.469 e. The van der Waals surface area contributed by atoms with E-state index in [4.69, 9.17) is 65.2 Å². The molecule has 4 fully saturated rings. The van der Waals surface area contributed by atoms with Crippen molar-refractivity contribution in [2.75, 3.05) is 22.9 Å². The van der Waals surface area contributed by atoms with E-state index in [0.717, 1.165) is 35.7 Å². The molecule has 6 aromatic rings. The van der Waals surface area contributed by atoms with Crippen molar-refractivity contribution in [3.05, 3.63) is 77.9 Å². The molecule has 0 aliphatic carbocycles. The molecule has 10 rings (SSSR count). The summed E-state index contributed by atoms with van der Waals surface area (Å²) in [5.41, 5.74) is 22.3. The number of fused-ring (bicyclic) bond motifs is 2. The highest BCUT2D eigenvalue weighted by Crippen LogP contribution is 2.49. The number of phosphoric ester groups is 2. The van der Waals surface area contributed by atoms with Crippen molar-refractivity contribution in [3.8, 4) is 0 Å². The van der Waals surface area contributed by atoms with Crippen molar-refractivity contribution < 1.29 is 76.1 Å². The first kappa shape index (κ1) is 100. The number of aliphatic hydroxyl groups is 1. The van der Waals surface area contributed by atoms with Gasteiger partial charge in [-0.2, -0.15) is 19.9 Å². The second-order valence-electron chi connectivity index (χ2n) is 36.0. The van der Waals surface area contributed by atoms with Crippen LogP contribution in [0.15, 0.2) is 44.2 Å². The van der Waals surface area contributed by atoms with Gasteiger partial charge in [0, 0.05) is 49.2 Å². The summed E-state index contributed by atoms with van der Waals surface area (Å²) in [5, 5.41) is 10.1. The number of nitrogens with zero attached hydrogens (tertiary/aromatic N) is 10. The quantitative estimate of drug-likeness (QED) is 0.0451. The molecule has 4 aliphatic heterocycles. The minimum absolute atomic E-state index is 0.0255. The summed E-state index contributed by atoms with van der Waals surface area (Å²) in [4.78, 5) is 132. The Kier molecular flexibility index (Phi) is 37.5. The molecule has 0 aromatic carbocycles. The van der Waals surface area contributed by atoms with Gasteiger partial charge in [0.15, 0.2) is 22.3 Å². The first-order valence-electron chi connectivity index (χ1n) is 37.5. The maximum Gasteiger partial charge on any atom is 0.469 e. The molecule has 17 N–H and O–H groups in total. The van der Waals surface area contributed by atoms with Crippen LogP contribution in [-0.2, 0) is 53.5 Å². The number of anilines is 4. The molecule has 0 bridgehead atoms. The average molecular weight is 1670 g/mol. The molecule has 0 spiro atoms. The van der Waals surface area contributed by atoms with E-state index >= 15 is 0 Å². The van der Waals surface area contributed by atoms with Crippen molar-refractivity contribution in [2.24, 2.45) is 45.3 Å². The number of aromatic nitrogens is 12. The zero-order chi connectivity index (χ0) is 86.2. The first-order chi connectivity index (χ1) is 50.8. The van der Waals surface area contributed by atoms with E-state index < -0.39 is 113 Å². The van der Waals surface area contributed by atoms with Gasteiger partial charge in [-0.25, -0.2) is 28.7 Å². The van der Waals surface area contributed by atoms with Gasteiger partial charge >= 0.3 is 33.7 Å². The monoisotopic (exact) mass is 1660 g/mol. The molecule has 0 unspecified atom stereocenters. The number of aryl methyl sites for hydroxylation is 2. The molecule has 0 amide bonds.